The van der Waals surface area contributed by atoms with Crippen molar-refractivity contribution in [2.45, 2.75) is 19.3 Å². The van der Waals surface area contributed by atoms with Gasteiger partial charge in [0.25, 0.3) is 0 Å². The van der Waals surface area contributed by atoms with E-state index in [1.54, 1.807) is 18.2 Å². The Hall–Kier alpha value is -1.75. The Morgan fingerprint density at radius 1 is 0.857 bits per heavy atom. The van der Waals surface area contributed by atoms with E-state index in [4.69, 9.17) is 39.5 Å². The highest BCUT2D eigenvalue weighted by Crippen LogP contribution is 2.26. The highest BCUT2D eigenvalue weighted by atomic mass is 35.5. The lowest BCUT2D eigenvalue weighted by Gasteiger charge is -2.15. The maximum absolute atomic E-state index is 10.3. The number of hydrogen-bond donors (Lipinski definition) is 2. The van der Waals surface area contributed by atoms with Crippen molar-refractivity contribution in [2.24, 2.45) is 0 Å². The van der Waals surface area contributed by atoms with Crippen LogP contribution in [0.5, 0.6) is 5.75 Å². The van der Waals surface area contributed by atoms with Crippen LogP contribution in [0.2, 0.25) is 15.1 Å². The maximum atomic E-state index is 10.3. The molecule has 2 N–H and O–H groups in total. The highest BCUT2D eigenvalue weighted by molar-refractivity contribution is 6.35. The summed E-state index contributed by atoms with van der Waals surface area (Å²) in [5.74, 6) is 0.706. The molecule has 3 aromatic rings. The summed E-state index contributed by atoms with van der Waals surface area (Å²) in [7, 11) is 0. The van der Waals surface area contributed by atoms with Crippen LogP contribution in [0, 0.1) is 0 Å². The molecule has 3 nitrogen and oxygen atoms in total. The second kappa shape index (κ2) is 10.1. The second-order valence-corrected chi connectivity index (χ2v) is 7.61. The molecule has 0 unspecified atom stereocenters. The van der Waals surface area contributed by atoms with Crippen molar-refractivity contribution >= 4 is 34.8 Å². The molecule has 28 heavy (non-hydrogen) atoms. The van der Waals surface area contributed by atoms with Gasteiger partial charge in [-0.15, -0.1) is 0 Å². The van der Waals surface area contributed by atoms with Gasteiger partial charge in [-0.2, -0.15) is 0 Å². The van der Waals surface area contributed by atoms with Crippen molar-refractivity contribution in [1.82, 2.24) is 5.32 Å². The molecule has 3 rings (SSSR count). The van der Waals surface area contributed by atoms with E-state index < -0.39 is 6.10 Å². The molecule has 0 aliphatic rings. The quantitative estimate of drug-likeness (QED) is 0.452. The van der Waals surface area contributed by atoms with E-state index in [9.17, 15) is 5.11 Å². The average molecular weight is 437 g/mol. The Morgan fingerprint density at radius 2 is 1.57 bits per heavy atom. The van der Waals surface area contributed by atoms with Gasteiger partial charge in [-0.05, 0) is 35.9 Å². The lowest BCUT2D eigenvalue weighted by Crippen LogP contribution is -2.21. The fraction of sp³-hybridized carbons (Fsp3) is 0.182. The van der Waals surface area contributed by atoms with Crippen LogP contribution in [0.15, 0.2) is 66.7 Å². The van der Waals surface area contributed by atoms with Gasteiger partial charge in [-0.1, -0.05) is 71.2 Å². The standard InChI is InChI=1S/C22H20Cl3NO2/c23-18-8-9-22(28-14-16-6-7-19(24)11-20(16)25)17(10-18)12-26-13-21(27)15-4-2-1-3-5-15/h1-11,21,26-27H,12-14H2/t21-/m0/s1. The van der Waals surface area contributed by atoms with Crippen molar-refractivity contribution in [1.29, 1.82) is 0 Å². The summed E-state index contributed by atoms with van der Waals surface area (Å²) >= 11 is 18.3. The topological polar surface area (TPSA) is 41.5 Å². The van der Waals surface area contributed by atoms with Crippen LogP contribution < -0.4 is 10.1 Å². The number of halogens is 3. The molecule has 0 spiro atoms. The van der Waals surface area contributed by atoms with Crippen molar-refractivity contribution in [3.05, 3.63) is 98.5 Å². The highest BCUT2D eigenvalue weighted by Gasteiger charge is 2.10. The van der Waals surface area contributed by atoms with Gasteiger partial charge in [-0.25, -0.2) is 0 Å². The normalized spacial score (nSPS) is 12.0. The van der Waals surface area contributed by atoms with Crippen LogP contribution in [-0.2, 0) is 13.2 Å². The summed E-state index contributed by atoms with van der Waals surface area (Å²) < 4.78 is 5.95. The van der Waals surface area contributed by atoms with E-state index >= 15 is 0 Å². The van der Waals surface area contributed by atoms with Crippen LogP contribution in [0.4, 0.5) is 0 Å². The van der Waals surface area contributed by atoms with Crippen molar-refractivity contribution < 1.29 is 9.84 Å². The molecule has 6 heteroatoms. The molecular formula is C22H20Cl3NO2. The summed E-state index contributed by atoms with van der Waals surface area (Å²) in [6, 6.07) is 20.3. The van der Waals surface area contributed by atoms with Crippen molar-refractivity contribution in [3.8, 4) is 5.75 Å². The summed E-state index contributed by atoms with van der Waals surface area (Å²) in [6.45, 7) is 1.24. The Balaban J connectivity index is 1.62. The summed E-state index contributed by atoms with van der Waals surface area (Å²) in [5, 5.41) is 15.3. The first-order valence-corrected chi connectivity index (χ1v) is 9.95. The van der Waals surface area contributed by atoms with Crippen molar-refractivity contribution in [3.63, 3.8) is 0 Å². The molecule has 0 bridgehead atoms. The first kappa shape index (κ1) is 21.0. The van der Waals surface area contributed by atoms with Gasteiger partial charge in [0.15, 0.2) is 0 Å². The van der Waals surface area contributed by atoms with Gasteiger partial charge >= 0.3 is 0 Å². The molecule has 1 atom stereocenters. The van der Waals surface area contributed by atoms with Gasteiger partial charge in [0.1, 0.15) is 12.4 Å². The Kier molecular flexibility index (Phi) is 7.60. The zero-order valence-electron chi connectivity index (χ0n) is 15.0. The minimum absolute atomic E-state index is 0.317. The monoisotopic (exact) mass is 435 g/mol. The van der Waals surface area contributed by atoms with Gasteiger partial charge < -0.3 is 15.2 Å². The number of aliphatic hydroxyl groups is 1. The second-order valence-electron chi connectivity index (χ2n) is 6.33. The molecule has 0 saturated heterocycles. The number of benzene rings is 3. The third-order valence-corrected chi connectivity index (χ3v) is 5.08. The fourth-order valence-corrected chi connectivity index (χ4v) is 3.42. The third kappa shape index (κ3) is 5.87. The average Bonchev–Trinajstić information content (AvgIpc) is 2.69. The Bertz CT molecular complexity index is 919. The maximum Gasteiger partial charge on any atom is 0.124 e. The summed E-state index contributed by atoms with van der Waals surface area (Å²) in [5.41, 5.74) is 2.62. The number of rotatable bonds is 8. The molecule has 0 aliphatic carbocycles. The molecule has 0 amide bonds. The SMILES string of the molecule is O[C@@H](CNCc1cc(Cl)ccc1OCc1ccc(Cl)cc1Cl)c1ccccc1. The first-order valence-electron chi connectivity index (χ1n) is 8.82. The molecule has 0 aliphatic heterocycles. The van der Waals surface area contributed by atoms with E-state index in [0.717, 1.165) is 16.7 Å². The molecular weight excluding hydrogens is 417 g/mol. The number of ether oxygens (including phenoxy) is 1. The number of aliphatic hydroxyl groups excluding tert-OH is 1. The zero-order valence-corrected chi connectivity index (χ0v) is 17.3. The van der Waals surface area contributed by atoms with E-state index in [2.05, 4.69) is 5.32 Å². The van der Waals surface area contributed by atoms with Gasteiger partial charge in [-0.3, -0.25) is 0 Å². The van der Waals surface area contributed by atoms with E-state index in [1.807, 2.05) is 48.5 Å². The Morgan fingerprint density at radius 3 is 2.32 bits per heavy atom. The summed E-state index contributed by atoms with van der Waals surface area (Å²) in [6.07, 6.45) is -0.586. The molecule has 0 saturated carbocycles. The smallest absolute Gasteiger partial charge is 0.124 e. The van der Waals surface area contributed by atoms with Gasteiger partial charge in [0, 0.05) is 39.3 Å². The molecule has 0 heterocycles. The number of nitrogens with one attached hydrogen (secondary N) is 1. The summed E-state index contributed by atoms with van der Waals surface area (Å²) in [4.78, 5) is 0. The predicted octanol–water partition coefficient (Wildman–Crippen LogP) is 6.05. The van der Waals surface area contributed by atoms with Gasteiger partial charge in [0.05, 0.1) is 6.10 Å². The molecule has 0 fully saturated rings. The molecule has 3 aromatic carbocycles. The van der Waals surface area contributed by atoms with Crippen LogP contribution in [-0.4, -0.2) is 11.7 Å². The van der Waals surface area contributed by atoms with Crippen molar-refractivity contribution in [2.75, 3.05) is 6.54 Å². The molecule has 0 aromatic heterocycles. The minimum Gasteiger partial charge on any atom is -0.489 e. The lowest BCUT2D eigenvalue weighted by molar-refractivity contribution is 0.174. The lowest BCUT2D eigenvalue weighted by atomic mass is 10.1. The third-order valence-electron chi connectivity index (χ3n) is 4.26. The zero-order chi connectivity index (χ0) is 19.9. The van der Waals surface area contributed by atoms with E-state index in [1.165, 1.54) is 0 Å². The first-order chi connectivity index (χ1) is 13.5. The largest absolute Gasteiger partial charge is 0.489 e. The minimum atomic E-state index is -0.586. The van der Waals surface area contributed by atoms with Crippen LogP contribution >= 0.6 is 34.8 Å². The van der Waals surface area contributed by atoms with E-state index in [-0.39, 0.29) is 0 Å². The van der Waals surface area contributed by atoms with Gasteiger partial charge in [0.2, 0.25) is 0 Å². The molecule has 146 valence electrons. The van der Waals surface area contributed by atoms with E-state index in [0.29, 0.717) is 40.5 Å². The predicted molar refractivity (Wildman–Crippen MR) is 115 cm³/mol. The van der Waals surface area contributed by atoms with Crippen LogP contribution in [0.1, 0.15) is 22.8 Å². The van der Waals surface area contributed by atoms with Crippen LogP contribution in [0.3, 0.4) is 0 Å². The number of hydrogen-bond acceptors (Lipinski definition) is 3. The fourth-order valence-electron chi connectivity index (χ4n) is 2.76. The van der Waals surface area contributed by atoms with Crippen LogP contribution in [0.25, 0.3) is 0 Å². The molecule has 0 radical (unpaired) electrons. The Labute approximate surface area is 179 Å².